The van der Waals surface area contributed by atoms with Crippen LogP contribution in [0.4, 0.5) is 4.39 Å². The van der Waals surface area contributed by atoms with Crippen LogP contribution in [0.1, 0.15) is 17.3 Å². The number of benzene rings is 1. The lowest BCUT2D eigenvalue weighted by Crippen LogP contribution is -2.44. The van der Waals surface area contributed by atoms with Crippen LogP contribution < -0.4 is 0 Å². The molecule has 1 amide bonds. The van der Waals surface area contributed by atoms with Gasteiger partial charge >= 0.3 is 0 Å². The van der Waals surface area contributed by atoms with E-state index in [-0.39, 0.29) is 11.7 Å². The summed E-state index contributed by atoms with van der Waals surface area (Å²) in [6, 6.07) is 5.77. The number of carbonyl (C=O) groups is 1. The molecule has 0 unspecified atom stereocenters. The molecule has 2 aromatic rings. The number of amides is 1. The van der Waals surface area contributed by atoms with Crippen LogP contribution in [0.15, 0.2) is 36.8 Å². The molecule has 5 nitrogen and oxygen atoms in total. The summed E-state index contributed by atoms with van der Waals surface area (Å²) in [5.74, 6) is -0.336. The van der Waals surface area contributed by atoms with Crippen LogP contribution in [-0.4, -0.2) is 45.9 Å². The zero-order chi connectivity index (χ0) is 15.7. The van der Waals surface area contributed by atoms with Gasteiger partial charge in [0.15, 0.2) is 0 Å². The summed E-state index contributed by atoms with van der Waals surface area (Å²) in [5.41, 5.74) is 1.70. The zero-order valence-corrected chi connectivity index (χ0v) is 12.7. The summed E-state index contributed by atoms with van der Waals surface area (Å²) >= 11 is 0. The van der Waals surface area contributed by atoms with E-state index in [4.69, 9.17) is 0 Å². The number of halogens is 1. The largest absolute Gasteiger partial charge is 0.333 e. The number of nitrogens with zero attached hydrogens (tertiary/aromatic N) is 4. The highest BCUT2D eigenvalue weighted by Crippen LogP contribution is 2.24. The number of imidazole rings is 1. The molecule has 2 heterocycles. The predicted molar refractivity (Wildman–Crippen MR) is 80.5 cm³/mol. The molecule has 0 N–H and O–H groups in total. The third-order valence-corrected chi connectivity index (χ3v) is 3.99. The zero-order valence-electron chi connectivity index (χ0n) is 12.7. The lowest BCUT2D eigenvalue weighted by molar-refractivity contribution is -0.137. The van der Waals surface area contributed by atoms with E-state index in [2.05, 4.69) is 9.55 Å². The first-order chi connectivity index (χ1) is 10.6. The molecule has 0 radical (unpaired) electrons. The fourth-order valence-electron chi connectivity index (χ4n) is 2.88. The van der Waals surface area contributed by atoms with Crippen molar-refractivity contribution in [1.82, 2.24) is 19.4 Å². The fraction of sp³-hybridized carbons (Fsp3) is 0.375. The average molecular weight is 302 g/mol. The van der Waals surface area contributed by atoms with Gasteiger partial charge in [0.1, 0.15) is 11.9 Å². The third-order valence-electron chi connectivity index (χ3n) is 3.99. The Morgan fingerprint density at radius 2 is 2.18 bits per heavy atom. The number of rotatable bonds is 3. The van der Waals surface area contributed by atoms with Crippen LogP contribution in [0.5, 0.6) is 0 Å². The van der Waals surface area contributed by atoms with Gasteiger partial charge in [-0.1, -0.05) is 12.1 Å². The number of likely N-dealkylation sites (N-methyl/N-ethyl adjacent to an activating group) is 1. The molecule has 6 heteroatoms. The SMILES string of the molecule is CN(C)[C@@H](C(=O)N1CCn2cncc2C1)c1cccc(F)c1. The highest BCUT2D eigenvalue weighted by Gasteiger charge is 2.30. The number of aromatic nitrogens is 2. The summed E-state index contributed by atoms with van der Waals surface area (Å²) in [6.07, 6.45) is 3.57. The summed E-state index contributed by atoms with van der Waals surface area (Å²) < 4.78 is 15.5. The normalized spacial score (nSPS) is 15.7. The molecule has 0 fully saturated rings. The summed E-state index contributed by atoms with van der Waals surface area (Å²) in [4.78, 5) is 20.7. The lowest BCUT2D eigenvalue weighted by Gasteiger charge is -2.33. The van der Waals surface area contributed by atoms with Crippen LogP contribution in [0, 0.1) is 5.82 Å². The van der Waals surface area contributed by atoms with Gasteiger partial charge in [0.05, 0.1) is 18.6 Å². The van der Waals surface area contributed by atoms with Crippen molar-refractivity contribution in [3.8, 4) is 0 Å². The molecule has 1 aliphatic rings. The maximum Gasteiger partial charge on any atom is 0.244 e. The Morgan fingerprint density at radius 1 is 1.36 bits per heavy atom. The second-order valence-electron chi connectivity index (χ2n) is 5.76. The number of carbonyl (C=O) groups excluding carboxylic acids is 1. The van der Waals surface area contributed by atoms with Crippen molar-refractivity contribution in [1.29, 1.82) is 0 Å². The molecule has 1 aromatic carbocycles. The fourth-order valence-corrected chi connectivity index (χ4v) is 2.88. The van der Waals surface area contributed by atoms with Crippen LogP contribution in [0.25, 0.3) is 0 Å². The number of hydrogen-bond acceptors (Lipinski definition) is 3. The van der Waals surface area contributed by atoms with Gasteiger partial charge in [-0.25, -0.2) is 9.37 Å². The maximum atomic E-state index is 13.5. The van der Waals surface area contributed by atoms with E-state index >= 15 is 0 Å². The Hall–Kier alpha value is -2.21. The van der Waals surface area contributed by atoms with Gasteiger partial charge in [0.2, 0.25) is 5.91 Å². The van der Waals surface area contributed by atoms with Gasteiger partial charge in [-0.2, -0.15) is 0 Å². The minimum atomic E-state index is -0.481. The molecular formula is C16H19FN4O. The summed E-state index contributed by atoms with van der Waals surface area (Å²) in [5, 5.41) is 0. The van der Waals surface area contributed by atoms with Gasteiger partial charge in [0.25, 0.3) is 0 Å². The Balaban J connectivity index is 1.85. The van der Waals surface area contributed by atoms with Crippen LogP contribution in [0.3, 0.4) is 0 Å². The van der Waals surface area contributed by atoms with E-state index in [9.17, 15) is 9.18 Å². The summed E-state index contributed by atoms with van der Waals surface area (Å²) in [6.45, 7) is 1.92. The molecule has 0 aliphatic carbocycles. The highest BCUT2D eigenvalue weighted by molar-refractivity contribution is 5.83. The summed E-state index contributed by atoms with van der Waals surface area (Å²) in [7, 11) is 3.67. The van der Waals surface area contributed by atoms with Crippen LogP contribution in [0.2, 0.25) is 0 Å². The van der Waals surface area contributed by atoms with E-state index in [1.165, 1.54) is 12.1 Å². The van der Waals surface area contributed by atoms with Gasteiger partial charge in [-0.3, -0.25) is 9.69 Å². The van der Waals surface area contributed by atoms with Gasteiger partial charge in [-0.15, -0.1) is 0 Å². The predicted octanol–water partition coefficient (Wildman–Crippen LogP) is 1.67. The molecule has 0 bridgehead atoms. The third kappa shape index (κ3) is 2.74. The molecule has 0 spiro atoms. The molecule has 22 heavy (non-hydrogen) atoms. The smallest absolute Gasteiger partial charge is 0.244 e. The Morgan fingerprint density at radius 3 is 2.91 bits per heavy atom. The van der Waals surface area contributed by atoms with Crippen molar-refractivity contribution < 1.29 is 9.18 Å². The Kier molecular flexibility index (Phi) is 3.94. The van der Waals surface area contributed by atoms with E-state index < -0.39 is 6.04 Å². The first-order valence-corrected chi connectivity index (χ1v) is 7.26. The van der Waals surface area contributed by atoms with Crippen molar-refractivity contribution in [2.24, 2.45) is 0 Å². The quantitative estimate of drug-likeness (QED) is 0.866. The van der Waals surface area contributed by atoms with Crippen molar-refractivity contribution in [2.45, 2.75) is 19.1 Å². The van der Waals surface area contributed by atoms with E-state index in [1.807, 2.05) is 23.9 Å². The first kappa shape index (κ1) is 14.7. The molecule has 0 saturated heterocycles. The Labute approximate surface area is 129 Å². The molecule has 1 aliphatic heterocycles. The number of hydrogen-bond donors (Lipinski definition) is 0. The lowest BCUT2D eigenvalue weighted by atomic mass is 10.0. The van der Waals surface area contributed by atoms with E-state index in [0.29, 0.717) is 18.7 Å². The number of fused-ring (bicyclic) bond motifs is 1. The molecule has 1 atom stereocenters. The molecule has 0 saturated carbocycles. The first-order valence-electron chi connectivity index (χ1n) is 7.26. The monoisotopic (exact) mass is 302 g/mol. The van der Waals surface area contributed by atoms with E-state index in [0.717, 1.165) is 12.2 Å². The molecule has 116 valence electrons. The molecule has 3 rings (SSSR count). The standard InChI is InChI=1S/C16H19FN4O/c1-19(2)15(12-4-3-5-13(17)8-12)16(22)20-6-7-21-11-18-9-14(21)10-20/h3-5,8-9,11,15H,6-7,10H2,1-2H3/t15-/m1/s1. The minimum absolute atomic E-state index is 0.0111. The average Bonchev–Trinajstić information content (AvgIpc) is 2.94. The van der Waals surface area contributed by atoms with E-state index in [1.54, 1.807) is 24.7 Å². The second-order valence-corrected chi connectivity index (χ2v) is 5.76. The second kappa shape index (κ2) is 5.88. The van der Waals surface area contributed by atoms with Gasteiger partial charge in [0, 0.05) is 19.3 Å². The van der Waals surface area contributed by atoms with Crippen molar-refractivity contribution >= 4 is 5.91 Å². The Bertz CT molecular complexity index is 682. The van der Waals surface area contributed by atoms with Gasteiger partial charge in [-0.05, 0) is 31.8 Å². The highest BCUT2D eigenvalue weighted by atomic mass is 19.1. The van der Waals surface area contributed by atoms with Crippen LogP contribution in [-0.2, 0) is 17.9 Å². The minimum Gasteiger partial charge on any atom is -0.333 e. The van der Waals surface area contributed by atoms with Crippen molar-refractivity contribution in [2.75, 3.05) is 20.6 Å². The topological polar surface area (TPSA) is 41.4 Å². The molecular weight excluding hydrogens is 283 g/mol. The van der Waals surface area contributed by atoms with Crippen molar-refractivity contribution in [3.05, 3.63) is 53.9 Å². The van der Waals surface area contributed by atoms with Gasteiger partial charge < -0.3 is 9.47 Å². The van der Waals surface area contributed by atoms with Crippen molar-refractivity contribution in [3.63, 3.8) is 0 Å². The molecule has 1 aromatic heterocycles. The maximum absolute atomic E-state index is 13.5. The van der Waals surface area contributed by atoms with Crippen LogP contribution >= 0.6 is 0 Å².